The molecule has 1 saturated carbocycles. The number of benzene rings is 1. The molecule has 0 spiro atoms. The minimum atomic E-state index is 0.0981. The van der Waals surface area contributed by atoms with Crippen molar-refractivity contribution < 1.29 is 4.79 Å². The van der Waals surface area contributed by atoms with E-state index in [-0.39, 0.29) is 12.5 Å². The van der Waals surface area contributed by atoms with E-state index in [0.29, 0.717) is 6.04 Å². The van der Waals surface area contributed by atoms with Gasteiger partial charge in [0, 0.05) is 25.3 Å². The molecule has 112 valence electrons. The van der Waals surface area contributed by atoms with Gasteiger partial charge in [-0.2, -0.15) is 0 Å². The average Bonchev–Trinajstić information content (AvgIpc) is 3.34. The molecule has 1 heterocycles. The Bertz CT molecular complexity index is 551. The van der Waals surface area contributed by atoms with Gasteiger partial charge in [0.05, 0.1) is 6.54 Å². The summed E-state index contributed by atoms with van der Waals surface area (Å²) in [6.07, 6.45) is 4.46. The number of carbonyl (C=O) groups is 1. The number of hydrogen-bond donors (Lipinski definition) is 2. The Hall–Kier alpha value is -2.04. The first kappa shape index (κ1) is 13.9. The van der Waals surface area contributed by atoms with E-state index in [2.05, 4.69) is 21.7 Å². The summed E-state index contributed by atoms with van der Waals surface area (Å²) in [5, 5.41) is 6.40. The summed E-state index contributed by atoms with van der Waals surface area (Å²) in [5.74, 6) is 0.817. The van der Waals surface area contributed by atoms with Crippen molar-refractivity contribution in [2.24, 2.45) is 4.99 Å². The number of carbonyl (C=O) groups excluding carboxylic acids is 1. The van der Waals surface area contributed by atoms with E-state index in [1.54, 1.807) is 7.05 Å². The summed E-state index contributed by atoms with van der Waals surface area (Å²) in [4.78, 5) is 18.5. The third kappa shape index (κ3) is 3.35. The van der Waals surface area contributed by atoms with Crippen LogP contribution < -0.4 is 15.5 Å². The third-order valence-electron chi connectivity index (χ3n) is 3.96. The topological polar surface area (TPSA) is 56.7 Å². The van der Waals surface area contributed by atoms with Crippen molar-refractivity contribution >= 4 is 17.6 Å². The minimum Gasteiger partial charge on any atom is -0.354 e. The van der Waals surface area contributed by atoms with Crippen LogP contribution in [0.2, 0.25) is 0 Å². The Morgan fingerprint density at radius 2 is 2.19 bits per heavy atom. The second-order valence-corrected chi connectivity index (χ2v) is 5.62. The van der Waals surface area contributed by atoms with Gasteiger partial charge >= 0.3 is 0 Å². The number of amides is 1. The van der Waals surface area contributed by atoms with E-state index in [9.17, 15) is 4.79 Å². The Balaban J connectivity index is 1.60. The zero-order valence-electron chi connectivity index (χ0n) is 12.4. The summed E-state index contributed by atoms with van der Waals surface area (Å²) in [6, 6.07) is 8.69. The van der Waals surface area contributed by atoms with E-state index in [1.165, 1.54) is 18.4 Å². The lowest BCUT2D eigenvalue weighted by Crippen LogP contribution is -2.46. The fourth-order valence-electron chi connectivity index (χ4n) is 2.66. The van der Waals surface area contributed by atoms with Gasteiger partial charge in [-0.15, -0.1) is 0 Å². The molecule has 0 bridgehead atoms. The summed E-state index contributed by atoms with van der Waals surface area (Å²) >= 11 is 0. The maximum atomic E-state index is 12.5. The van der Waals surface area contributed by atoms with Gasteiger partial charge in [0.15, 0.2) is 5.96 Å². The number of fused-ring (bicyclic) bond motifs is 1. The maximum absolute atomic E-state index is 12.5. The van der Waals surface area contributed by atoms with Gasteiger partial charge < -0.3 is 15.5 Å². The van der Waals surface area contributed by atoms with Crippen molar-refractivity contribution in [1.82, 2.24) is 10.6 Å². The molecule has 21 heavy (non-hydrogen) atoms. The molecule has 1 fully saturated rings. The van der Waals surface area contributed by atoms with Crippen LogP contribution in [0.15, 0.2) is 29.3 Å². The van der Waals surface area contributed by atoms with Crippen LogP contribution in [0, 0.1) is 0 Å². The molecule has 1 aliphatic heterocycles. The van der Waals surface area contributed by atoms with Crippen LogP contribution in [-0.4, -0.2) is 38.0 Å². The molecule has 0 aromatic heterocycles. The number of nitrogens with one attached hydrogen (secondary N) is 2. The van der Waals surface area contributed by atoms with Crippen LogP contribution in [0.4, 0.5) is 5.69 Å². The predicted molar refractivity (Wildman–Crippen MR) is 84.6 cm³/mol. The number of anilines is 1. The van der Waals surface area contributed by atoms with Crippen LogP contribution in [0.3, 0.4) is 0 Å². The number of nitrogens with zero attached hydrogens (tertiary/aromatic N) is 2. The zero-order valence-corrected chi connectivity index (χ0v) is 12.4. The van der Waals surface area contributed by atoms with Gasteiger partial charge in [0.2, 0.25) is 5.91 Å². The lowest BCUT2D eigenvalue weighted by molar-refractivity contribution is -0.117. The molecule has 1 amide bonds. The van der Waals surface area contributed by atoms with Crippen LogP contribution in [-0.2, 0) is 11.2 Å². The van der Waals surface area contributed by atoms with E-state index in [1.807, 2.05) is 23.1 Å². The van der Waals surface area contributed by atoms with Crippen LogP contribution in [0.5, 0.6) is 0 Å². The minimum absolute atomic E-state index is 0.0981. The monoisotopic (exact) mass is 286 g/mol. The first-order valence-electron chi connectivity index (χ1n) is 7.63. The SMILES string of the molecule is CN=C(NCC(=O)N1CCCc2ccccc21)NC1CC1. The number of para-hydroxylation sites is 1. The van der Waals surface area contributed by atoms with Crippen molar-refractivity contribution in [3.05, 3.63) is 29.8 Å². The number of rotatable bonds is 3. The molecule has 0 unspecified atom stereocenters. The van der Waals surface area contributed by atoms with E-state index in [0.717, 1.165) is 31.0 Å². The van der Waals surface area contributed by atoms with E-state index >= 15 is 0 Å². The van der Waals surface area contributed by atoms with Crippen LogP contribution in [0.1, 0.15) is 24.8 Å². The normalized spacial score (nSPS) is 18.1. The van der Waals surface area contributed by atoms with Crippen LogP contribution >= 0.6 is 0 Å². The average molecular weight is 286 g/mol. The number of aliphatic imine (C=N–C) groups is 1. The first-order valence-corrected chi connectivity index (χ1v) is 7.63. The second-order valence-electron chi connectivity index (χ2n) is 5.62. The lowest BCUT2D eigenvalue weighted by atomic mass is 10.0. The molecule has 0 radical (unpaired) electrons. The highest BCUT2D eigenvalue weighted by molar-refractivity contribution is 5.98. The van der Waals surface area contributed by atoms with Crippen molar-refractivity contribution in [2.45, 2.75) is 31.7 Å². The maximum Gasteiger partial charge on any atom is 0.246 e. The van der Waals surface area contributed by atoms with Crippen molar-refractivity contribution in [1.29, 1.82) is 0 Å². The molecule has 5 heteroatoms. The van der Waals surface area contributed by atoms with Gasteiger partial charge in [0.25, 0.3) is 0 Å². The second kappa shape index (κ2) is 6.16. The highest BCUT2D eigenvalue weighted by Crippen LogP contribution is 2.26. The number of guanidine groups is 1. The molecule has 1 aromatic carbocycles. The number of aryl methyl sites for hydroxylation is 1. The Labute approximate surface area is 125 Å². The Kier molecular flexibility index (Phi) is 4.08. The van der Waals surface area contributed by atoms with Crippen molar-refractivity contribution in [3.63, 3.8) is 0 Å². The van der Waals surface area contributed by atoms with Crippen LogP contribution in [0.25, 0.3) is 0 Å². The molecule has 2 aliphatic rings. The summed E-state index contributed by atoms with van der Waals surface area (Å²) in [6.45, 7) is 1.08. The number of hydrogen-bond acceptors (Lipinski definition) is 2. The molecule has 3 rings (SSSR count). The van der Waals surface area contributed by atoms with E-state index < -0.39 is 0 Å². The highest BCUT2D eigenvalue weighted by Gasteiger charge is 2.24. The Morgan fingerprint density at radius 1 is 1.38 bits per heavy atom. The fourth-order valence-corrected chi connectivity index (χ4v) is 2.66. The predicted octanol–water partition coefficient (Wildman–Crippen LogP) is 1.29. The van der Waals surface area contributed by atoms with Crippen molar-refractivity contribution in [3.8, 4) is 0 Å². The van der Waals surface area contributed by atoms with E-state index in [4.69, 9.17) is 0 Å². The standard InChI is InChI=1S/C16H22N4O/c1-17-16(19-13-8-9-13)18-11-15(21)20-10-4-6-12-5-2-3-7-14(12)20/h2-3,5,7,13H,4,6,8-11H2,1H3,(H2,17,18,19). The summed E-state index contributed by atoms with van der Waals surface area (Å²) in [5.41, 5.74) is 2.32. The lowest BCUT2D eigenvalue weighted by Gasteiger charge is -2.29. The summed E-state index contributed by atoms with van der Waals surface area (Å²) < 4.78 is 0. The van der Waals surface area contributed by atoms with Crippen molar-refractivity contribution in [2.75, 3.05) is 25.0 Å². The third-order valence-corrected chi connectivity index (χ3v) is 3.96. The molecule has 0 atom stereocenters. The van der Waals surface area contributed by atoms with Gasteiger partial charge in [-0.1, -0.05) is 18.2 Å². The summed E-state index contributed by atoms with van der Waals surface area (Å²) in [7, 11) is 1.73. The quantitative estimate of drug-likeness (QED) is 0.650. The van der Waals surface area contributed by atoms with Gasteiger partial charge in [-0.05, 0) is 37.3 Å². The largest absolute Gasteiger partial charge is 0.354 e. The van der Waals surface area contributed by atoms with Gasteiger partial charge in [0.1, 0.15) is 0 Å². The molecule has 0 saturated heterocycles. The fraction of sp³-hybridized carbons (Fsp3) is 0.500. The molecular weight excluding hydrogens is 264 g/mol. The molecule has 2 N–H and O–H groups in total. The highest BCUT2D eigenvalue weighted by atomic mass is 16.2. The smallest absolute Gasteiger partial charge is 0.246 e. The first-order chi connectivity index (χ1) is 10.3. The van der Waals surface area contributed by atoms with Gasteiger partial charge in [-0.3, -0.25) is 9.79 Å². The molecule has 5 nitrogen and oxygen atoms in total. The Morgan fingerprint density at radius 3 is 2.95 bits per heavy atom. The van der Waals surface area contributed by atoms with Gasteiger partial charge in [-0.25, -0.2) is 0 Å². The molecule has 1 aliphatic carbocycles. The zero-order chi connectivity index (χ0) is 14.7. The molecular formula is C16H22N4O. The molecule has 1 aromatic rings.